The standard InChI is InChI=1S/C6H5IS3/c7-3-1-2-4(8)6(10)5(3)9/h1-2,8-10H. The molecule has 0 heterocycles. The van der Waals surface area contributed by atoms with Crippen LogP contribution in [0.1, 0.15) is 0 Å². The number of hydrogen-bond donors (Lipinski definition) is 3. The Kier molecular flexibility index (Phi) is 3.27. The molecule has 0 unspecified atom stereocenters. The van der Waals surface area contributed by atoms with Crippen LogP contribution in [0.2, 0.25) is 0 Å². The number of halogens is 1. The largest absolute Gasteiger partial charge is 0.142 e. The fraction of sp³-hybridized carbons (Fsp3) is 0. The Morgan fingerprint density at radius 3 is 2.10 bits per heavy atom. The van der Waals surface area contributed by atoms with E-state index in [2.05, 4.69) is 60.5 Å². The highest BCUT2D eigenvalue weighted by molar-refractivity contribution is 14.1. The van der Waals surface area contributed by atoms with Gasteiger partial charge in [-0.2, -0.15) is 0 Å². The average molecular weight is 300 g/mol. The monoisotopic (exact) mass is 300 g/mol. The normalized spacial score (nSPS) is 10.0. The summed E-state index contributed by atoms with van der Waals surface area (Å²) in [5.41, 5.74) is 0. The highest BCUT2D eigenvalue weighted by atomic mass is 127. The van der Waals surface area contributed by atoms with E-state index < -0.39 is 0 Å². The van der Waals surface area contributed by atoms with Crippen molar-refractivity contribution in [3.8, 4) is 0 Å². The van der Waals surface area contributed by atoms with Gasteiger partial charge in [-0.1, -0.05) is 0 Å². The molecule has 0 N–H and O–H groups in total. The molecule has 0 radical (unpaired) electrons. The van der Waals surface area contributed by atoms with Crippen LogP contribution in [0.3, 0.4) is 0 Å². The van der Waals surface area contributed by atoms with Gasteiger partial charge >= 0.3 is 0 Å². The molecule has 0 aliphatic heterocycles. The summed E-state index contributed by atoms with van der Waals surface area (Å²) in [5, 5.41) is 0. The van der Waals surface area contributed by atoms with Crippen LogP contribution >= 0.6 is 60.5 Å². The van der Waals surface area contributed by atoms with E-state index in [-0.39, 0.29) is 0 Å². The van der Waals surface area contributed by atoms with Crippen molar-refractivity contribution in [1.29, 1.82) is 0 Å². The molecule has 1 rings (SSSR count). The van der Waals surface area contributed by atoms with E-state index in [0.717, 1.165) is 18.3 Å². The Hall–Kier alpha value is 1.000. The maximum atomic E-state index is 4.25. The predicted octanol–water partition coefficient (Wildman–Crippen LogP) is 3.16. The SMILES string of the molecule is Sc1ccc(I)c(S)c1S. The van der Waals surface area contributed by atoms with Gasteiger partial charge in [0.2, 0.25) is 0 Å². The highest BCUT2D eigenvalue weighted by Gasteiger charge is 2.01. The summed E-state index contributed by atoms with van der Waals surface area (Å²) in [6.07, 6.45) is 0. The van der Waals surface area contributed by atoms with Crippen LogP contribution in [0.15, 0.2) is 26.8 Å². The Labute approximate surface area is 90.2 Å². The Balaban J connectivity index is 3.34. The van der Waals surface area contributed by atoms with Gasteiger partial charge in [0.05, 0.1) is 0 Å². The van der Waals surface area contributed by atoms with Crippen LogP contribution < -0.4 is 0 Å². The molecule has 0 spiro atoms. The Morgan fingerprint density at radius 2 is 1.60 bits per heavy atom. The first-order valence-corrected chi connectivity index (χ1v) is 4.94. The molecule has 0 amide bonds. The second-order valence-corrected chi connectivity index (χ2v) is 4.30. The van der Waals surface area contributed by atoms with E-state index in [9.17, 15) is 0 Å². The molecule has 10 heavy (non-hydrogen) atoms. The zero-order valence-corrected chi connectivity index (χ0v) is 9.72. The summed E-state index contributed by atoms with van der Waals surface area (Å²) in [5.74, 6) is 0. The molecular weight excluding hydrogens is 295 g/mol. The molecule has 54 valence electrons. The quantitative estimate of drug-likeness (QED) is 0.476. The summed E-state index contributed by atoms with van der Waals surface area (Å²) in [6.45, 7) is 0. The smallest absolute Gasteiger partial charge is 0.0319 e. The van der Waals surface area contributed by atoms with Crippen molar-refractivity contribution in [2.45, 2.75) is 14.7 Å². The third kappa shape index (κ3) is 1.78. The van der Waals surface area contributed by atoms with Crippen molar-refractivity contribution in [2.75, 3.05) is 0 Å². The van der Waals surface area contributed by atoms with E-state index in [4.69, 9.17) is 0 Å². The molecule has 4 heteroatoms. The van der Waals surface area contributed by atoms with Gasteiger partial charge in [0.1, 0.15) is 0 Å². The molecule has 0 aliphatic rings. The molecule has 0 saturated carbocycles. The van der Waals surface area contributed by atoms with Crippen LogP contribution in [0.5, 0.6) is 0 Å². The van der Waals surface area contributed by atoms with Gasteiger partial charge < -0.3 is 0 Å². The number of rotatable bonds is 0. The first-order valence-electron chi connectivity index (χ1n) is 2.52. The fourth-order valence-corrected chi connectivity index (χ4v) is 1.87. The van der Waals surface area contributed by atoms with E-state index >= 15 is 0 Å². The zero-order valence-electron chi connectivity index (χ0n) is 4.87. The van der Waals surface area contributed by atoms with E-state index in [1.54, 1.807) is 0 Å². The first-order chi connectivity index (χ1) is 4.63. The zero-order chi connectivity index (χ0) is 7.72. The van der Waals surface area contributed by atoms with Gasteiger partial charge in [0.15, 0.2) is 0 Å². The van der Waals surface area contributed by atoms with Gasteiger partial charge in [-0.15, -0.1) is 37.9 Å². The molecule has 0 saturated heterocycles. The predicted molar refractivity (Wildman–Crippen MR) is 60.9 cm³/mol. The lowest BCUT2D eigenvalue weighted by molar-refractivity contribution is 1.11. The van der Waals surface area contributed by atoms with Gasteiger partial charge in [0.25, 0.3) is 0 Å². The van der Waals surface area contributed by atoms with E-state index in [0.29, 0.717) is 0 Å². The van der Waals surface area contributed by atoms with Crippen molar-refractivity contribution in [1.82, 2.24) is 0 Å². The van der Waals surface area contributed by atoms with E-state index in [1.165, 1.54) is 0 Å². The third-order valence-electron chi connectivity index (χ3n) is 1.08. The third-order valence-corrected chi connectivity index (χ3v) is 4.06. The van der Waals surface area contributed by atoms with Gasteiger partial charge in [-0.3, -0.25) is 0 Å². The number of hydrogen-bond acceptors (Lipinski definition) is 3. The molecule has 1 aromatic carbocycles. The molecule has 0 aromatic heterocycles. The van der Waals surface area contributed by atoms with Crippen molar-refractivity contribution < 1.29 is 0 Å². The molecule has 0 fully saturated rings. The van der Waals surface area contributed by atoms with Gasteiger partial charge in [0, 0.05) is 18.3 Å². The lowest BCUT2D eigenvalue weighted by atomic mass is 10.4. The van der Waals surface area contributed by atoms with Crippen molar-refractivity contribution in [3.63, 3.8) is 0 Å². The summed E-state index contributed by atoms with van der Waals surface area (Å²) in [7, 11) is 0. The number of benzene rings is 1. The van der Waals surface area contributed by atoms with Gasteiger partial charge in [-0.25, -0.2) is 0 Å². The summed E-state index contributed by atoms with van der Waals surface area (Å²) >= 11 is 14.9. The van der Waals surface area contributed by atoms with Crippen LogP contribution in [0, 0.1) is 3.57 Å². The second-order valence-electron chi connectivity index (χ2n) is 1.76. The summed E-state index contributed by atoms with van der Waals surface area (Å²) in [4.78, 5) is 2.61. The van der Waals surface area contributed by atoms with Crippen molar-refractivity contribution in [3.05, 3.63) is 15.7 Å². The lowest BCUT2D eigenvalue weighted by Gasteiger charge is -2.02. The number of thiol groups is 3. The summed E-state index contributed by atoms with van der Waals surface area (Å²) < 4.78 is 1.10. The maximum absolute atomic E-state index is 4.25. The topological polar surface area (TPSA) is 0 Å². The molecule has 0 atom stereocenters. The van der Waals surface area contributed by atoms with Crippen LogP contribution in [-0.4, -0.2) is 0 Å². The minimum atomic E-state index is 0.846. The van der Waals surface area contributed by atoms with Crippen molar-refractivity contribution >= 4 is 60.5 Å². The minimum absolute atomic E-state index is 0.846. The lowest BCUT2D eigenvalue weighted by Crippen LogP contribution is -1.78. The highest BCUT2D eigenvalue weighted by Crippen LogP contribution is 2.29. The molecular formula is C6H5IS3. The Bertz CT molecular complexity index is 232. The molecule has 1 aromatic rings. The molecule has 0 aliphatic carbocycles. The van der Waals surface area contributed by atoms with Crippen LogP contribution in [-0.2, 0) is 0 Å². The first kappa shape index (κ1) is 9.09. The molecule has 0 bridgehead atoms. The molecule has 0 nitrogen and oxygen atoms in total. The maximum Gasteiger partial charge on any atom is 0.0319 e. The van der Waals surface area contributed by atoms with Crippen LogP contribution in [0.25, 0.3) is 0 Å². The minimum Gasteiger partial charge on any atom is -0.142 e. The van der Waals surface area contributed by atoms with E-state index in [1.807, 2.05) is 12.1 Å². The van der Waals surface area contributed by atoms with Crippen molar-refractivity contribution in [2.24, 2.45) is 0 Å². The summed E-state index contributed by atoms with van der Waals surface area (Å²) in [6, 6.07) is 3.87. The second kappa shape index (κ2) is 3.60. The fourth-order valence-electron chi connectivity index (χ4n) is 0.544. The van der Waals surface area contributed by atoms with Crippen LogP contribution in [0.4, 0.5) is 0 Å². The van der Waals surface area contributed by atoms with Gasteiger partial charge in [-0.05, 0) is 34.7 Å². The average Bonchev–Trinajstić information content (AvgIpc) is 1.93. The Morgan fingerprint density at radius 1 is 1.00 bits per heavy atom.